The summed E-state index contributed by atoms with van der Waals surface area (Å²) >= 11 is 0. The first-order valence-electron chi connectivity index (χ1n) is 3.58. The van der Waals surface area contributed by atoms with E-state index in [-0.39, 0.29) is 0 Å². The van der Waals surface area contributed by atoms with Crippen LogP contribution in [0.4, 0.5) is 0 Å². The predicted octanol–water partition coefficient (Wildman–Crippen LogP) is -1.02. The highest BCUT2D eigenvalue weighted by molar-refractivity contribution is 5.26. The Hall–Kier alpha value is -1.80. The normalized spacial score (nSPS) is 21.9. The van der Waals surface area contributed by atoms with Crippen LogP contribution in [-0.4, -0.2) is 21.2 Å². The molecule has 0 atom stereocenters. The van der Waals surface area contributed by atoms with Crippen molar-refractivity contribution >= 4 is 0 Å². The third-order valence-electron chi connectivity index (χ3n) is 2.01. The second-order valence-corrected chi connectivity index (χ2v) is 2.89. The fraction of sp³-hybridized carbons (Fsp3) is 0.333. The van der Waals surface area contributed by atoms with Gasteiger partial charge in [0.25, 0.3) is 0 Å². The molecule has 4 N–H and O–H groups in total. The molecule has 0 bridgehead atoms. The van der Waals surface area contributed by atoms with Gasteiger partial charge in [-0.1, -0.05) is 12.2 Å². The smallest absolute Gasteiger partial charge is 0.297 e. The van der Waals surface area contributed by atoms with Gasteiger partial charge in [0.05, 0.1) is 6.08 Å². The zero-order valence-corrected chi connectivity index (χ0v) is 6.99. The Labute approximate surface area is 78.2 Å². The van der Waals surface area contributed by atoms with Crippen molar-refractivity contribution in [1.82, 2.24) is 0 Å². The lowest BCUT2D eigenvalue weighted by atomic mass is 9.91. The van der Waals surface area contributed by atoms with Crippen LogP contribution >= 0.6 is 0 Å². The summed E-state index contributed by atoms with van der Waals surface area (Å²) in [5.41, 5.74) is 5.81. The standard InChI is InChI=1S/C6H8N4O4/c7-5(8)3-1-2-4-6(5,9(11)12)10(13)14/h1-4H,7-8H2. The molecule has 1 rings (SSSR count). The zero-order chi connectivity index (χ0) is 11.0. The molecule has 1 aliphatic carbocycles. The molecule has 0 saturated carbocycles. The summed E-state index contributed by atoms with van der Waals surface area (Å²) < 4.78 is 0. The van der Waals surface area contributed by atoms with E-state index < -0.39 is 21.2 Å². The van der Waals surface area contributed by atoms with Crippen LogP contribution in [0.3, 0.4) is 0 Å². The van der Waals surface area contributed by atoms with Crippen LogP contribution in [0.15, 0.2) is 24.3 Å². The molecule has 0 aromatic heterocycles. The van der Waals surface area contributed by atoms with Gasteiger partial charge in [-0.15, -0.1) is 0 Å². The molecule has 0 fully saturated rings. The van der Waals surface area contributed by atoms with E-state index in [0.717, 1.165) is 12.2 Å². The molecule has 0 spiro atoms. The number of hydrogen-bond donors (Lipinski definition) is 2. The van der Waals surface area contributed by atoms with E-state index in [9.17, 15) is 20.2 Å². The molecule has 76 valence electrons. The minimum Gasteiger partial charge on any atom is -0.297 e. The average molecular weight is 200 g/mol. The Kier molecular flexibility index (Phi) is 2.10. The number of nitrogens with two attached hydrogens (primary N) is 2. The number of hydrogen-bond acceptors (Lipinski definition) is 6. The van der Waals surface area contributed by atoms with Crippen molar-refractivity contribution in [3.63, 3.8) is 0 Å². The lowest BCUT2D eigenvalue weighted by molar-refractivity contribution is -0.789. The van der Waals surface area contributed by atoms with E-state index in [4.69, 9.17) is 11.5 Å². The predicted molar refractivity (Wildman–Crippen MR) is 46.1 cm³/mol. The van der Waals surface area contributed by atoms with Gasteiger partial charge in [-0.25, -0.2) is 0 Å². The minimum atomic E-state index is -2.69. The summed E-state index contributed by atoms with van der Waals surface area (Å²) in [7, 11) is 0. The fourth-order valence-electron chi connectivity index (χ4n) is 1.18. The second-order valence-electron chi connectivity index (χ2n) is 2.89. The Morgan fingerprint density at radius 3 is 1.71 bits per heavy atom. The lowest BCUT2D eigenvalue weighted by Gasteiger charge is -2.27. The summed E-state index contributed by atoms with van der Waals surface area (Å²) in [6.45, 7) is 0. The number of allylic oxidation sites excluding steroid dienone is 2. The molecule has 0 aromatic carbocycles. The molecule has 1 aliphatic rings. The summed E-state index contributed by atoms with van der Waals surface area (Å²) in [5, 5.41) is 21.3. The largest absolute Gasteiger partial charge is 0.511 e. The molecule has 0 radical (unpaired) electrons. The highest BCUT2D eigenvalue weighted by Crippen LogP contribution is 2.26. The van der Waals surface area contributed by atoms with Crippen molar-refractivity contribution < 1.29 is 9.85 Å². The van der Waals surface area contributed by atoms with Crippen molar-refractivity contribution in [2.45, 2.75) is 11.3 Å². The van der Waals surface area contributed by atoms with Gasteiger partial charge in [-0.2, -0.15) is 0 Å². The Balaban J connectivity index is 3.36. The molecule has 8 nitrogen and oxygen atoms in total. The van der Waals surface area contributed by atoms with Crippen LogP contribution in [0.2, 0.25) is 0 Å². The minimum absolute atomic E-state index is 0.771. The molecule has 0 amide bonds. The molecule has 8 heteroatoms. The molecular formula is C6H8N4O4. The number of nitro groups is 2. The third kappa shape index (κ3) is 1.09. The molecule has 0 aromatic rings. The SMILES string of the molecule is NC1(N)C=CC=CC1([N+](=O)[O-])[N+](=O)[O-]. The summed E-state index contributed by atoms with van der Waals surface area (Å²) in [6, 6.07) is 0. The van der Waals surface area contributed by atoms with Gasteiger partial charge >= 0.3 is 5.66 Å². The first-order valence-corrected chi connectivity index (χ1v) is 3.58. The zero-order valence-electron chi connectivity index (χ0n) is 6.99. The maximum atomic E-state index is 10.7. The van der Waals surface area contributed by atoms with Crippen molar-refractivity contribution in [2.24, 2.45) is 11.5 Å². The third-order valence-corrected chi connectivity index (χ3v) is 2.01. The first kappa shape index (κ1) is 10.3. The Morgan fingerprint density at radius 2 is 1.43 bits per heavy atom. The molecule has 0 saturated heterocycles. The van der Waals surface area contributed by atoms with Crippen molar-refractivity contribution in [3.8, 4) is 0 Å². The van der Waals surface area contributed by atoms with Crippen LogP contribution < -0.4 is 11.5 Å². The van der Waals surface area contributed by atoms with E-state index in [2.05, 4.69) is 0 Å². The van der Waals surface area contributed by atoms with Crippen LogP contribution in [0.25, 0.3) is 0 Å². The van der Waals surface area contributed by atoms with Crippen LogP contribution in [0.1, 0.15) is 0 Å². The van der Waals surface area contributed by atoms with Gasteiger partial charge in [-0.05, 0) is 6.08 Å². The molecule has 0 unspecified atom stereocenters. The van der Waals surface area contributed by atoms with Gasteiger partial charge in [0.15, 0.2) is 0 Å². The van der Waals surface area contributed by atoms with Crippen molar-refractivity contribution in [2.75, 3.05) is 0 Å². The van der Waals surface area contributed by atoms with Crippen LogP contribution in [0, 0.1) is 20.2 Å². The number of nitrogens with zero attached hydrogens (tertiary/aromatic N) is 2. The topological polar surface area (TPSA) is 138 Å². The maximum Gasteiger partial charge on any atom is 0.511 e. The summed E-state index contributed by atoms with van der Waals surface area (Å²) in [5.74, 6) is 0. The molecular weight excluding hydrogens is 192 g/mol. The van der Waals surface area contributed by atoms with Gasteiger partial charge in [0.2, 0.25) is 5.66 Å². The van der Waals surface area contributed by atoms with Crippen molar-refractivity contribution in [3.05, 3.63) is 44.5 Å². The lowest BCUT2D eigenvalue weighted by Crippen LogP contribution is -2.72. The number of rotatable bonds is 2. The second kappa shape index (κ2) is 2.86. The average Bonchev–Trinajstić information content (AvgIpc) is 2.02. The van der Waals surface area contributed by atoms with E-state index in [1.807, 2.05) is 0 Å². The fourth-order valence-corrected chi connectivity index (χ4v) is 1.18. The van der Waals surface area contributed by atoms with Crippen LogP contribution in [-0.2, 0) is 0 Å². The summed E-state index contributed by atoms with van der Waals surface area (Å²) in [6.07, 6.45) is 4.29. The van der Waals surface area contributed by atoms with Gasteiger partial charge in [0, 0.05) is 0 Å². The first-order chi connectivity index (χ1) is 6.34. The van der Waals surface area contributed by atoms with E-state index in [0.29, 0.717) is 0 Å². The van der Waals surface area contributed by atoms with E-state index >= 15 is 0 Å². The van der Waals surface area contributed by atoms with E-state index in [1.54, 1.807) is 0 Å². The van der Waals surface area contributed by atoms with Crippen molar-refractivity contribution in [1.29, 1.82) is 0 Å². The quantitative estimate of drug-likeness (QED) is 0.332. The van der Waals surface area contributed by atoms with Gasteiger partial charge < -0.3 is 0 Å². The molecule has 0 heterocycles. The Bertz CT molecular complexity index is 332. The van der Waals surface area contributed by atoms with Crippen LogP contribution in [0.5, 0.6) is 0 Å². The van der Waals surface area contributed by atoms with Gasteiger partial charge in [-0.3, -0.25) is 31.7 Å². The molecule has 14 heavy (non-hydrogen) atoms. The highest BCUT2D eigenvalue weighted by Gasteiger charge is 2.67. The van der Waals surface area contributed by atoms with E-state index in [1.165, 1.54) is 12.2 Å². The maximum absolute atomic E-state index is 10.7. The van der Waals surface area contributed by atoms with Gasteiger partial charge in [0.1, 0.15) is 9.85 Å². The summed E-state index contributed by atoms with van der Waals surface area (Å²) in [4.78, 5) is 19.1. The monoisotopic (exact) mass is 200 g/mol. The highest BCUT2D eigenvalue weighted by atomic mass is 16.7. The Morgan fingerprint density at radius 1 is 1.00 bits per heavy atom. The molecule has 0 aliphatic heterocycles.